The Labute approximate surface area is 184 Å². The average molecular weight is 447 g/mol. The van der Waals surface area contributed by atoms with E-state index in [9.17, 15) is 18.0 Å². The Morgan fingerprint density at radius 1 is 1.03 bits per heavy atom. The standard InChI is InChI=1S/C23H30N2O5S/c1-15(2)25(6)31(28,29)21-9-7-8-20(13-21)23(27)30-14-22(26)24-18(5)19-11-10-16(3)17(4)12-19/h7-13,15,18H,14H2,1-6H3,(H,24,26). The van der Waals surface area contributed by atoms with Crippen LogP contribution >= 0.6 is 0 Å². The van der Waals surface area contributed by atoms with Crippen molar-refractivity contribution in [2.24, 2.45) is 0 Å². The van der Waals surface area contributed by atoms with Crippen LogP contribution in [0.1, 0.15) is 53.9 Å². The van der Waals surface area contributed by atoms with Crippen LogP contribution in [0.3, 0.4) is 0 Å². The number of nitrogens with zero attached hydrogens (tertiary/aromatic N) is 1. The van der Waals surface area contributed by atoms with Gasteiger partial charge in [0.05, 0.1) is 16.5 Å². The molecule has 0 saturated carbocycles. The molecule has 0 aromatic heterocycles. The van der Waals surface area contributed by atoms with Crippen molar-refractivity contribution in [3.63, 3.8) is 0 Å². The van der Waals surface area contributed by atoms with Crippen molar-refractivity contribution in [2.45, 2.75) is 51.6 Å². The molecule has 1 amide bonds. The first-order chi connectivity index (χ1) is 14.4. The van der Waals surface area contributed by atoms with Crippen LogP contribution in [0.5, 0.6) is 0 Å². The van der Waals surface area contributed by atoms with E-state index in [-0.39, 0.29) is 22.5 Å². The van der Waals surface area contributed by atoms with E-state index in [0.29, 0.717) is 0 Å². The molecule has 2 rings (SSSR count). The van der Waals surface area contributed by atoms with Crippen molar-refractivity contribution < 1.29 is 22.7 Å². The van der Waals surface area contributed by atoms with Crippen LogP contribution in [0.15, 0.2) is 47.4 Å². The summed E-state index contributed by atoms with van der Waals surface area (Å²) in [6.45, 7) is 8.92. The summed E-state index contributed by atoms with van der Waals surface area (Å²) in [7, 11) is -2.25. The molecule has 168 valence electrons. The summed E-state index contributed by atoms with van der Waals surface area (Å²) in [6, 6.07) is 11.1. The summed E-state index contributed by atoms with van der Waals surface area (Å²) in [5.41, 5.74) is 3.31. The predicted octanol–water partition coefficient (Wildman–Crippen LogP) is 3.37. The second-order valence-electron chi connectivity index (χ2n) is 7.85. The Balaban J connectivity index is 2.01. The molecule has 0 aliphatic rings. The minimum absolute atomic E-state index is 0.00837. The van der Waals surface area contributed by atoms with Crippen LogP contribution in [0, 0.1) is 13.8 Å². The molecule has 0 aliphatic carbocycles. The van der Waals surface area contributed by atoms with E-state index in [1.807, 2.05) is 39.0 Å². The van der Waals surface area contributed by atoms with Crippen LogP contribution in [0.4, 0.5) is 0 Å². The van der Waals surface area contributed by atoms with Gasteiger partial charge in [0.15, 0.2) is 6.61 Å². The monoisotopic (exact) mass is 446 g/mol. The molecule has 0 radical (unpaired) electrons. The van der Waals surface area contributed by atoms with Gasteiger partial charge in [-0.05, 0) is 69.5 Å². The van der Waals surface area contributed by atoms with Gasteiger partial charge in [-0.3, -0.25) is 4.79 Å². The average Bonchev–Trinajstić information content (AvgIpc) is 2.73. The van der Waals surface area contributed by atoms with Gasteiger partial charge < -0.3 is 10.1 Å². The Bertz CT molecular complexity index is 1060. The molecule has 0 bridgehead atoms. The van der Waals surface area contributed by atoms with Gasteiger partial charge in [-0.2, -0.15) is 4.31 Å². The van der Waals surface area contributed by atoms with Crippen LogP contribution < -0.4 is 5.32 Å². The fourth-order valence-electron chi connectivity index (χ4n) is 2.84. The van der Waals surface area contributed by atoms with E-state index in [1.165, 1.54) is 41.2 Å². The second kappa shape index (κ2) is 10.1. The van der Waals surface area contributed by atoms with Crippen molar-refractivity contribution in [2.75, 3.05) is 13.7 Å². The lowest BCUT2D eigenvalue weighted by Crippen LogP contribution is -2.33. The fourth-order valence-corrected chi connectivity index (χ4v) is 4.26. The van der Waals surface area contributed by atoms with E-state index < -0.39 is 28.5 Å². The molecule has 1 N–H and O–H groups in total. The number of esters is 1. The van der Waals surface area contributed by atoms with Crippen LogP contribution in [0.2, 0.25) is 0 Å². The van der Waals surface area contributed by atoms with Gasteiger partial charge in [-0.15, -0.1) is 0 Å². The summed E-state index contributed by atoms with van der Waals surface area (Å²) in [5.74, 6) is -1.21. The maximum absolute atomic E-state index is 12.6. The molecule has 1 atom stereocenters. The number of rotatable bonds is 8. The number of carbonyl (C=O) groups is 2. The third-order valence-corrected chi connectivity index (χ3v) is 7.25. The van der Waals surface area contributed by atoms with Crippen molar-refractivity contribution in [1.29, 1.82) is 0 Å². The second-order valence-corrected chi connectivity index (χ2v) is 9.85. The first-order valence-corrected chi connectivity index (χ1v) is 11.5. The highest BCUT2D eigenvalue weighted by atomic mass is 32.2. The molecule has 0 spiro atoms. The number of aryl methyl sites for hydroxylation is 2. The van der Waals surface area contributed by atoms with Gasteiger partial charge >= 0.3 is 5.97 Å². The lowest BCUT2D eigenvalue weighted by atomic mass is 10.0. The number of hydrogen-bond donors (Lipinski definition) is 1. The fraction of sp³-hybridized carbons (Fsp3) is 0.391. The minimum atomic E-state index is -3.73. The van der Waals surface area contributed by atoms with Gasteiger partial charge in [0.1, 0.15) is 0 Å². The maximum Gasteiger partial charge on any atom is 0.338 e. The molecule has 0 fully saturated rings. The summed E-state index contributed by atoms with van der Waals surface area (Å²) >= 11 is 0. The van der Waals surface area contributed by atoms with Crippen molar-refractivity contribution in [3.05, 3.63) is 64.7 Å². The van der Waals surface area contributed by atoms with Crippen LogP contribution in [-0.4, -0.2) is 44.3 Å². The Kier molecular flexibility index (Phi) is 7.97. The molecule has 0 saturated heterocycles. The highest BCUT2D eigenvalue weighted by Crippen LogP contribution is 2.19. The maximum atomic E-state index is 12.6. The van der Waals surface area contributed by atoms with E-state index in [0.717, 1.165) is 11.1 Å². The molecule has 2 aromatic carbocycles. The van der Waals surface area contributed by atoms with Crippen LogP contribution in [0.25, 0.3) is 0 Å². The Morgan fingerprint density at radius 2 is 1.71 bits per heavy atom. The summed E-state index contributed by atoms with van der Waals surface area (Å²) in [4.78, 5) is 24.6. The number of sulfonamides is 1. The first kappa shape index (κ1) is 24.6. The third-order valence-electron chi connectivity index (χ3n) is 5.22. The number of ether oxygens (including phenoxy) is 1. The van der Waals surface area contributed by atoms with E-state index in [1.54, 1.807) is 13.8 Å². The zero-order valence-electron chi connectivity index (χ0n) is 18.8. The van der Waals surface area contributed by atoms with Gasteiger partial charge in [-0.25, -0.2) is 13.2 Å². The highest BCUT2D eigenvalue weighted by Gasteiger charge is 2.24. The SMILES string of the molecule is Cc1ccc(C(C)NC(=O)COC(=O)c2cccc(S(=O)(=O)N(C)C(C)C)c2)cc1C. The molecule has 0 aliphatic heterocycles. The number of carbonyl (C=O) groups excluding carboxylic acids is 2. The molecule has 0 heterocycles. The number of nitrogens with one attached hydrogen (secondary N) is 1. The normalized spacial score (nSPS) is 12.6. The zero-order chi connectivity index (χ0) is 23.3. The quantitative estimate of drug-likeness (QED) is 0.628. The van der Waals surface area contributed by atoms with Gasteiger partial charge in [0, 0.05) is 13.1 Å². The molecule has 2 aromatic rings. The van der Waals surface area contributed by atoms with E-state index in [4.69, 9.17) is 4.74 Å². The highest BCUT2D eigenvalue weighted by molar-refractivity contribution is 7.89. The van der Waals surface area contributed by atoms with Gasteiger partial charge in [-0.1, -0.05) is 24.3 Å². The topological polar surface area (TPSA) is 92.8 Å². The van der Waals surface area contributed by atoms with Crippen LogP contribution in [-0.2, 0) is 19.6 Å². The molecular weight excluding hydrogens is 416 g/mol. The zero-order valence-corrected chi connectivity index (χ0v) is 19.6. The summed E-state index contributed by atoms with van der Waals surface area (Å²) < 4.78 is 31.6. The van der Waals surface area contributed by atoms with E-state index >= 15 is 0 Å². The lowest BCUT2D eigenvalue weighted by Gasteiger charge is -2.21. The minimum Gasteiger partial charge on any atom is -0.452 e. The predicted molar refractivity (Wildman–Crippen MR) is 119 cm³/mol. The van der Waals surface area contributed by atoms with Crippen molar-refractivity contribution in [3.8, 4) is 0 Å². The number of amides is 1. The summed E-state index contributed by atoms with van der Waals surface area (Å²) in [6.07, 6.45) is 0. The Hall–Kier alpha value is -2.71. The molecule has 31 heavy (non-hydrogen) atoms. The van der Waals surface area contributed by atoms with Crippen molar-refractivity contribution >= 4 is 21.9 Å². The largest absolute Gasteiger partial charge is 0.452 e. The molecule has 7 nitrogen and oxygen atoms in total. The molecule has 8 heteroatoms. The lowest BCUT2D eigenvalue weighted by molar-refractivity contribution is -0.124. The number of hydrogen-bond acceptors (Lipinski definition) is 5. The number of benzene rings is 2. The molecular formula is C23H30N2O5S. The van der Waals surface area contributed by atoms with Gasteiger partial charge in [0.25, 0.3) is 5.91 Å². The van der Waals surface area contributed by atoms with E-state index in [2.05, 4.69) is 5.32 Å². The smallest absolute Gasteiger partial charge is 0.338 e. The summed E-state index contributed by atoms with van der Waals surface area (Å²) in [5, 5.41) is 2.79. The Morgan fingerprint density at radius 3 is 2.32 bits per heavy atom. The third kappa shape index (κ3) is 6.15. The van der Waals surface area contributed by atoms with Crippen molar-refractivity contribution in [1.82, 2.24) is 9.62 Å². The first-order valence-electron chi connectivity index (χ1n) is 10.0. The molecule has 1 unspecified atom stereocenters. The van der Waals surface area contributed by atoms with Gasteiger partial charge in [0.2, 0.25) is 10.0 Å².